The molecule has 0 bridgehead atoms. The second-order valence-corrected chi connectivity index (χ2v) is 5.03. The van der Waals surface area contributed by atoms with Crippen molar-refractivity contribution in [1.82, 2.24) is 10.2 Å². The molecule has 1 aliphatic heterocycles. The van der Waals surface area contributed by atoms with Crippen LogP contribution in [0.2, 0.25) is 0 Å². The topological polar surface area (TPSA) is 52.6 Å². The maximum absolute atomic E-state index is 12.2. The lowest BCUT2D eigenvalue weighted by Gasteiger charge is -2.37. The quantitative estimate of drug-likeness (QED) is 0.862. The van der Waals surface area contributed by atoms with Gasteiger partial charge >= 0.3 is 0 Å². The highest BCUT2D eigenvalue weighted by molar-refractivity contribution is 5.85. The Morgan fingerprint density at radius 3 is 2.32 bits per heavy atom. The SMILES string of the molecule is CC1CN(C(=O)C(O)c2ccccc2)CC(C)N1.Cl. The van der Waals surface area contributed by atoms with E-state index < -0.39 is 6.10 Å². The Kier molecular flexibility index (Phi) is 5.79. The van der Waals surface area contributed by atoms with Crippen molar-refractivity contribution >= 4 is 18.3 Å². The molecule has 4 nitrogen and oxygen atoms in total. The van der Waals surface area contributed by atoms with Gasteiger partial charge in [0.05, 0.1) is 0 Å². The smallest absolute Gasteiger partial charge is 0.256 e. The lowest BCUT2D eigenvalue weighted by molar-refractivity contribution is -0.142. The summed E-state index contributed by atoms with van der Waals surface area (Å²) < 4.78 is 0. The summed E-state index contributed by atoms with van der Waals surface area (Å²) in [6.45, 7) is 5.38. The van der Waals surface area contributed by atoms with Gasteiger partial charge in [0.1, 0.15) is 0 Å². The second-order valence-electron chi connectivity index (χ2n) is 5.03. The van der Waals surface area contributed by atoms with E-state index in [4.69, 9.17) is 0 Å². The van der Waals surface area contributed by atoms with Crippen molar-refractivity contribution in [3.8, 4) is 0 Å². The molecule has 3 unspecified atom stereocenters. The van der Waals surface area contributed by atoms with Gasteiger partial charge in [-0.1, -0.05) is 30.3 Å². The summed E-state index contributed by atoms with van der Waals surface area (Å²) in [5, 5.41) is 13.5. The molecule has 3 atom stereocenters. The number of nitrogens with one attached hydrogen (secondary N) is 1. The number of hydrogen-bond donors (Lipinski definition) is 2. The molecular weight excluding hydrogens is 264 g/mol. The summed E-state index contributed by atoms with van der Waals surface area (Å²) in [5.74, 6) is -0.207. The van der Waals surface area contributed by atoms with Crippen molar-refractivity contribution in [1.29, 1.82) is 0 Å². The van der Waals surface area contributed by atoms with Crippen LogP contribution in [0.4, 0.5) is 0 Å². The van der Waals surface area contributed by atoms with Gasteiger partial charge in [0.2, 0.25) is 0 Å². The van der Waals surface area contributed by atoms with Crippen LogP contribution in [-0.4, -0.2) is 41.1 Å². The van der Waals surface area contributed by atoms with Gasteiger partial charge in [-0.05, 0) is 19.4 Å². The Morgan fingerprint density at radius 1 is 1.26 bits per heavy atom. The first-order valence-corrected chi connectivity index (χ1v) is 6.35. The van der Waals surface area contributed by atoms with E-state index in [1.807, 2.05) is 32.0 Å². The molecule has 0 radical (unpaired) electrons. The molecule has 0 aliphatic carbocycles. The van der Waals surface area contributed by atoms with Crippen LogP contribution in [0, 0.1) is 0 Å². The third-order valence-electron chi connectivity index (χ3n) is 3.22. The van der Waals surface area contributed by atoms with Crippen molar-refractivity contribution in [2.24, 2.45) is 0 Å². The molecule has 1 fully saturated rings. The van der Waals surface area contributed by atoms with Crippen molar-refractivity contribution in [2.75, 3.05) is 13.1 Å². The molecule has 0 spiro atoms. The van der Waals surface area contributed by atoms with Crippen LogP contribution in [0.15, 0.2) is 30.3 Å². The van der Waals surface area contributed by atoms with Crippen molar-refractivity contribution in [3.05, 3.63) is 35.9 Å². The number of carbonyl (C=O) groups is 1. The lowest BCUT2D eigenvalue weighted by Crippen LogP contribution is -2.56. The highest BCUT2D eigenvalue weighted by Crippen LogP contribution is 2.17. The Labute approximate surface area is 120 Å². The Balaban J connectivity index is 0.00000180. The van der Waals surface area contributed by atoms with Crippen LogP contribution in [-0.2, 0) is 4.79 Å². The van der Waals surface area contributed by atoms with Crippen LogP contribution >= 0.6 is 12.4 Å². The summed E-state index contributed by atoms with van der Waals surface area (Å²) in [4.78, 5) is 14.0. The first kappa shape index (κ1) is 16.0. The molecule has 1 aromatic carbocycles. The molecule has 106 valence electrons. The summed E-state index contributed by atoms with van der Waals surface area (Å²) in [5.41, 5.74) is 0.654. The van der Waals surface area contributed by atoms with Crippen LogP contribution in [0.3, 0.4) is 0 Å². The van der Waals surface area contributed by atoms with E-state index in [1.54, 1.807) is 17.0 Å². The first-order chi connectivity index (χ1) is 8.58. The predicted molar refractivity (Wildman–Crippen MR) is 77.3 cm³/mol. The van der Waals surface area contributed by atoms with E-state index in [2.05, 4.69) is 5.32 Å². The number of amides is 1. The summed E-state index contributed by atoms with van der Waals surface area (Å²) >= 11 is 0. The van der Waals surface area contributed by atoms with Gasteiger partial charge in [0.15, 0.2) is 6.10 Å². The molecule has 0 aromatic heterocycles. The highest BCUT2D eigenvalue weighted by Gasteiger charge is 2.29. The summed E-state index contributed by atoms with van der Waals surface area (Å²) in [7, 11) is 0. The Bertz CT molecular complexity index is 403. The fourth-order valence-electron chi connectivity index (χ4n) is 2.46. The molecule has 1 aliphatic rings. The largest absolute Gasteiger partial charge is 0.378 e. The molecule has 2 rings (SSSR count). The molecule has 1 aromatic rings. The summed E-state index contributed by atoms with van der Waals surface area (Å²) in [6.07, 6.45) is -1.05. The normalized spacial score (nSPS) is 24.5. The van der Waals surface area contributed by atoms with E-state index in [-0.39, 0.29) is 30.4 Å². The van der Waals surface area contributed by atoms with Gasteiger partial charge in [-0.25, -0.2) is 0 Å². The van der Waals surface area contributed by atoms with Gasteiger partial charge in [-0.2, -0.15) is 0 Å². The van der Waals surface area contributed by atoms with Crippen LogP contribution in [0.5, 0.6) is 0 Å². The van der Waals surface area contributed by atoms with E-state index in [1.165, 1.54) is 0 Å². The molecule has 0 saturated carbocycles. The van der Waals surface area contributed by atoms with Gasteiger partial charge in [0, 0.05) is 25.2 Å². The molecule has 5 heteroatoms. The minimum atomic E-state index is -1.05. The number of nitrogens with zero attached hydrogens (tertiary/aromatic N) is 1. The number of halogens is 1. The number of carbonyl (C=O) groups excluding carboxylic acids is 1. The van der Waals surface area contributed by atoms with Crippen molar-refractivity contribution in [2.45, 2.75) is 32.0 Å². The van der Waals surface area contributed by atoms with Crippen LogP contribution in [0.25, 0.3) is 0 Å². The average molecular weight is 285 g/mol. The minimum absolute atomic E-state index is 0. The number of piperazine rings is 1. The fraction of sp³-hybridized carbons (Fsp3) is 0.500. The maximum Gasteiger partial charge on any atom is 0.256 e. The molecular formula is C14H21ClN2O2. The number of aliphatic hydroxyl groups is 1. The number of hydrogen-bond acceptors (Lipinski definition) is 3. The average Bonchev–Trinajstić information content (AvgIpc) is 2.37. The number of aliphatic hydroxyl groups excluding tert-OH is 1. The zero-order chi connectivity index (χ0) is 13.1. The lowest BCUT2D eigenvalue weighted by atomic mass is 10.1. The number of rotatable bonds is 2. The zero-order valence-corrected chi connectivity index (χ0v) is 12.1. The zero-order valence-electron chi connectivity index (χ0n) is 11.2. The standard InChI is InChI=1S/C14H20N2O2.ClH/c1-10-8-16(9-11(2)15-10)14(18)13(17)12-6-4-3-5-7-12;/h3-7,10-11,13,15,17H,8-9H2,1-2H3;1H. The van der Waals surface area contributed by atoms with Gasteiger partial charge in [-0.15, -0.1) is 12.4 Å². The van der Waals surface area contributed by atoms with Crippen LogP contribution < -0.4 is 5.32 Å². The minimum Gasteiger partial charge on any atom is -0.378 e. The fourth-order valence-corrected chi connectivity index (χ4v) is 2.46. The van der Waals surface area contributed by atoms with Crippen molar-refractivity contribution < 1.29 is 9.90 Å². The maximum atomic E-state index is 12.2. The van der Waals surface area contributed by atoms with E-state index in [0.717, 1.165) is 0 Å². The highest BCUT2D eigenvalue weighted by atomic mass is 35.5. The van der Waals surface area contributed by atoms with Crippen molar-refractivity contribution in [3.63, 3.8) is 0 Å². The Morgan fingerprint density at radius 2 is 1.79 bits per heavy atom. The molecule has 1 saturated heterocycles. The summed E-state index contributed by atoms with van der Waals surface area (Å²) in [6, 6.07) is 9.61. The Hall–Kier alpha value is -1.10. The molecule has 19 heavy (non-hydrogen) atoms. The van der Waals surface area contributed by atoms with E-state index in [9.17, 15) is 9.90 Å². The third-order valence-corrected chi connectivity index (χ3v) is 3.22. The monoisotopic (exact) mass is 284 g/mol. The number of benzene rings is 1. The van der Waals surface area contributed by atoms with E-state index >= 15 is 0 Å². The van der Waals surface area contributed by atoms with Gasteiger partial charge in [-0.3, -0.25) is 4.79 Å². The van der Waals surface area contributed by atoms with E-state index in [0.29, 0.717) is 18.7 Å². The molecule has 1 amide bonds. The van der Waals surface area contributed by atoms with Gasteiger partial charge < -0.3 is 15.3 Å². The van der Waals surface area contributed by atoms with Gasteiger partial charge in [0.25, 0.3) is 5.91 Å². The molecule has 2 N–H and O–H groups in total. The third kappa shape index (κ3) is 3.93. The molecule has 1 heterocycles. The van der Waals surface area contributed by atoms with Crippen LogP contribution in [0.1, 0.15) is 25.5 Å². The second kappa shape index (κ2) is 6.89. The first-order valence-electron chi connectivity index (χ1n) is 6.35. The predicted octanol–water partition coefficient (Wildman–Crippen LogP) is 1.35.